The molecule has 6 nitrogen and oxygen atoms in total. The largest absolute Gasteiger partial charge is 0.493 e. The average Bonchev–Trinajstić information content (AvgIpc) is 3.40. The first-order valence-electron chi connectivity index (χ1n) is 13.5. The van der Waals surface area contributed by atoms with Crippen LogP contribution in [0.5, 0.6) is 11.5 Å². The molecule has 2 aliphatic rings. The van der Waals surface area contributed by atoms with Crippen molar-refractivity contribution < 1.29 is 14.3 Å². The lowest BCUT2D eigenvalue weighted by molar-refractivity contribution is -0.134. The molecular formula is C32H37N3O3. The van der Waals surface area contributed by atoms with Crippen molar-refractivity contribution >= 4 is 11.6 Å². The van der Waals surface area contributed by atoms with Gasteiger partial charge in [0.15, 0.2) is 11.5 Å². The summed E-state index contributed by atoms with van der Waals surface area (Å²) in [7, 11) is 3.26. The topological polar surface area (TPSA) is 54.4 Å². The number of benzene rings is 3. The number of ether oxygens (including phenoxy) is 2. The highest BCUT2D eigenvalue weighted by Crippen LogP contribution is 2.36. The van der Waals surface area contributed by atoms with Crippen molar-refractivity contribution in [2.45, 2.75) is 38.6 Å². The van der Waals surface area contributed by atoms with E-state index in [2.05, 4.69) is 66.4 Å². The minimum absolute atomic E-state index is 0.0487. The Morgan fingerprint density at radius 1 is 0.921 bits per heavy atom. The summed E-state index contributed by atoms with van der Waals surface area (Å²) in [6, 6.07) is 24.8. The Bertz CT molecular complexity index is 1260. The first-order valence-corrected chi connectivity index (χ1v) is 13.5. The van der Waals surface area contributed by atoms with Crippen molar-refractivity contribution in [2.75, 3.05) is 33.9 Å². The van der Waals surface area contributed by atoms with Gasteiger partial charge in [-0.2, -0.15) is 5.10 Å². The van der Waals surface area contributed by atoms with Crippen LogP contribution in [0.3, 0.4) is 0 Å². The van der Waals surface area contributed by atoms with Crippen molar-refractivity contribution in [3.63, 3.8) is 0 Å². The van der Waals surface area contributed by atoms with Gasteiger partial charge >= 0.3 is 0 Å². The van der Waals surface area contributed by atoms with E-state index in [1.807, 2.05) is 18.2 Å². The minimum Gasteiger partial charge on any atom is -0.493 e. The second-order valence-electron chi connectivity index (χ2n) is 10.4. The van der Waals surface area contributed by atoms with Gasteiger partial charge in [-0.15, -0.1) is 0 Å². The minimum atomic E-state index is -0.123. The van der Waals surface area contributed by atoms with Gasteiger partial charge in [-0.05, 0) is 74.5 Å². The Labute approximate surface area is 225 Å². The molecule has 2 heterocycles. The quantitative estimate of drug-likeness (QED) is 0.393. The van der Waals surface area contributed by atoms with E-state index in [1.54, 1.807) is 19.2 Å². The van der Waals surface area contributed by atoms with Crippen molar-refractivity contribution in [3.8, 4) is 11.5 Å². The molecule has 2 aliphatic heterocycles. The lowest BCUT2D eigenvalue weighted by Crippen LogP contribution is -2.42. The summed E-state index contributed by atoms with van der Waals surface area (Å²) < 4.78 is 10.9. The first-order chi connectivity index (χ1) is 18.5. The third kappa shape index (κ3) is 5.91. The van der Waals surface area contributed by atoms with Crippen molar-refractivity contribution in [2.24, 2.45) is 11.0 Å². The number of nitrogens with zero attached hydrogens (tertiary/aromatic N) is 3. The van der Waals surface area contributed by atoms with Gasteiger partial charge in [0.1, 0.15) is 0 Å². The number of likely N-dealkylation sites (tertiary alicyclic amines) is 1. The average molecular weight is 512 g/mol. The van der Waals surface area contributed by atoms with Gasteiger partial charge in [0.25, 0.3) is 5.91 Å². The van der Waals surface area contributed by atoms with Gasteiger partial charge in [0.2, 0.25) is 0 Å². The van der Waals surface area contributed by atoms with Crippen LogP contribution >= 0.6 is 0 Å². The van der Waals surface area contributed by atoms with Crippen LogP contribution in [0.2, 0.25) is 0 Å². The number of hydrazone groups is 1. The summed E-state index contributed by atoms with van der Waals surface area (Å²) in [6.45, 7) is 4.36. The molecule has 1 fully saturated rings. The molecule has 0 aliphatic carbocycles. The Morgan fingerprint density at radius 2 is 1.63 bits per heavy atom. The monoisotopic (exact) mass is 511 g/mol. The summed E-state index contributed by atoms with van der Waals surface area (Å²) >= 11 is 0. The SMILES string of the molecule is COc1ccc(C2=NN(C(=O)CN3CCC(Cc4ccccc4)CC3)[C@H](c3ccc(C)cc3)C2)cc1OC. The standard InChI is InChI=1S/C32H37N3O3/c1-23-9-11-26(12-10-23)29-21-28(27-13-14-30(37-2)31(20-27)38-3)33-35(29)32(36)22-34-17-15-25(16-18-34)19-24-7-5-4-6-8-24/h4-14,20,25,29H,15-19,21-22H2,1-3H3/t29-/m0/s1. The van der Waals surface area contributed by atoms with E-state index in [9.17, 15) is 4.79 Å². The van der Waals surface area contributed by atoms with Crippen LogP contribution in [0.1, 0.15) is 47.6 Å². The zero-order valence-electron chi connectivity index (χ0n) is 22.6. The third-order valence-electron chi connectivity index (χ3n) is 7.78. The van der Waals surface area contributed by atoms with Crippen LogP contribution in [0.25, 0.3) is 0 Å². The van der Waals surface area contributed by atoms with Gasteiger partial charge in [-0.25, -0.2) is 5.01 Å². The Balaban J connectivity index is 1.30. The highest BCUT2D eigenvalue weighted by Gasteiger charge is 2.34. The van der Waals surface area contributed by atoms with Gasteiger partial charge in [0.05, 0.1) is 32.5 Å². The molecule has 38 heavy (non-hydrogen) atoms. The zero-order valence-corrected chi connectivity index (χ0v) is 22.6. The molecule has 1 amide bonds. The number of piperidine rings is 1. The van der Waals surface area contributed by atoms with Crippen LogP contribution in [0.15, 0.2) is 77.9 Å². The van der Waals surface area contributed by atoms with E-state index < -0.39 is 0 Å². The van der Waals surface area contributed by atoms with Crippen LogP contribution in [0, 0.1) is 12.8 Å². The number of carbonyl (C=O) groups is 1. The van der Waals surface area contributed by atoms with E-state index in [-0.39, 0.29) is 11.9 Å². The Morgan fingerprint density at radius 3 is 2.32 bits per heavy atom. The maximum Gasteiger partial charge on any atom is 0.257 e. The van der Waals surface area contributed by atoms with Crippen LogP contribution in [-0.2, 0) is 11.2 Å². The first kappa shape index (κ1) is 26.0. The normalized spacial score (nSPS) is 18.3. The van der Waals surface area contributed by atoms with Crippen molar-refractivity contribution in [3.05, 3.63) is 95.1 Å². The second-order valence-corrected chi connectivity index (χ2v) is 10.4. The molecule has 3 aromatic carbocycles. The summed E-state index contributed by atoms with van der Waals surface area (Å²) in [4.78, 5) is 16.0. The Kier molecular flexibility index (Phi) is 8.08. The van der Waals surface area contributed by atoms with Crippen LogP contribution in [0.4, 0.5) is 0 Å². The molecule has 0 aromatic heterocycles. The van der Waals surface area contributed by atoms with Crippen LogP contribution < -0.4 is 9.47 Å². The van der Waals surface area contributed by atoms with E-state index in [0.29, 0.717) is 30.4 Å². The lowest BCUT2D eigenvalue weighted by atomic mass is 9.90. The summed E-state index contributed by atoms with van der Waals surface area (Å²) in [6.07, 6.45) is 4.00. The van der Waals surface area contributed by atoms with Gasteiger partial charge in [0, 0.05) is 12.0 Å². The number of methoxy groups -OCH3 is 2. The third-order valence-corrected chi connectivity index (χ3v) is 7.78. The number of carbonyl (C=O) groups excluding carboxylic acids is 1. The van der Waals surface area contributed by atoms with E-state index >= 15 is 0 Å². The molecule has 0 bridgehead atoms. The number of hydrogen-bond acceptors (Lipinski definition) is 5. The molecule has 0 N–H and O–H groups in total. The van der Waals surface area contributed by atoms with Crippen molar-refractivity contribution in [1.29, 1.82) is 0 Å². The summed E-state index contributed by atoms with van der Waals surface area (Å²) in [5, 5.41) is 6.60. The molecule has 3 aromatic rings. The summed E-state index contributed by atoms with van der Waals surface area (Å²) in [5.74, 6) is 2.05. The Hall–Kier alpha value is -3.64. The highest BCUT2D eigenvalue weighted by atomic mass is 16.5. The molecule has 1 atom stereocenters. The number of aryl methyl sites for hydroxylation is 1. The maximum absolute atomic E-state index is 13.7. The molecule has 0 saturated carbocycles. The fourth-order valence-electron chi connectivity index (χ4n) is 5.54. The molecule has 1 saturated heterocycles. The number of hydrogen-bond donors (Lipinski definition) is 0. The van der Waals surface area contributed by atoms with Gasteiger partial charge in [-0.1, -0.05) is 60.2 Å². The molecule has 0 radical (unpaired) electrons. The fraction of sp³-hybridized carbons (Fsp3) is 0.375. The fourth-order valence-corrected chi connectivity index (χ4v) is 5.54. The predicted molar refractivity (Wildman–Crippen MR) is 151 cm³/mol. The molecule has 0 spiro atoms. The smallest absolute Gasteiger partial charge is 0.257 e. The van der Waals surface area contributed by atoms with E-state index in [4.69, 9.17) is 14.6 Å². The molecule has 198 valence electrons. The predicted octanol–water partition coefficient (Wildman–Crippen LogP) is 5.64. The zero-order chi connectivity index (χ0) is 26.5. The molecular weight excluding hydrogens is 474 g/mol. The second kappa shape index (κ2) is 11.8. The summed E-state index contributed by atoms with van der Waals surface area (Å²) in [5.41, 5.74) is 5.52. The van der Waals surface area contributed by atoms with Gasteiger partial charge in [-0.3, -0.25) is 9.69 Å². The number of rotatable bonds is 8. The molecule has 0 unspecified atom stereocenters. The molecule has 5 rings (SSSR count). The molecule has 6 heteroatoms. The van der Waals surface area contributed by atoms with Gasteiger partial charge < -0.3 is 9.47 Å². The van der Waals surface area contributed by atoms with E-state index in [0.717, 1.165) is 49.2 Å². The highest BCUT2D eigenvalue weighted by molar-refractivity contribution is 6.03. The van der Waals surface area contributed by atoms with E-state index in [1.165, 1.54) is 11.1 Å². The maximum atomic E-state index is 13.7. The van der Waals surface area contributed by atoms with Crippen molar-refractivity contribution in [1.82, 2.24) is 9.91 Å². The lowest BCUT2D eigenvalue weighted by Gasteiger charge is -2.33. The van der Waals surface area contributed by atoms with Crippen LogP contribution in [-0.4, -0.2) is 55.4 Å². The number of amides is 1.